The molecule has 0 aliphatic heterocycles. The van der Waals surface area contributed by atoms with Crippen LogP contribution in [0, 0.1) is 10.1 Å². The van der Waals surface area contributed by atoms with Gasteiger partial charge < -0.3 is 0 Å². The molecule has 0 saturated carbocycles. The normalized spacial score (nSPS) is 11.2. The average molecular weight is 293 g/mol. The van der Waals surface area contributed by atoms with E-state index in [1.807, 2.05) is 0 Å². The molecule has 11 heteroatoms. The Morgan fingerprint density at radius 2 is 2.28 bits per heavy atom. The molecule has 0 aromatic carbocycles. The lowest BCUT2D eigenvalue weighted by Gasteiger charge is -2.03. The Balaban J connectivity index is 2.87. The van der Waals surface area contributed by atoms with Gasteiger partial charge in [0.15, 0.2) is 5.03 Å². The van der Waals surface area contributed by atoms with Crippen LogP contribution in [-0.2, 0) is 9.84 Å². The third-order valence-electron chi connectivity index (χ3n) is 1.75. The number of hydrogen-bond donors (Lipinski definition) is 2. The van der Waals surface area contributed by atoms with Gasteiger partial charge in [-0.05, 0) is 0 Å². The first kappa shape index (κ1) is 14.6. The second-order valence-electron chi connectivity index (χ2n) is 3.26. The van der Waals surface area contributed by atoms with Crippen LogP contribution >= 0.6 is 11.8 Å². The number of thioether (sulfide) groups is 1. The van der Waals surface area contributed by atoms with Crippen LogP contribution in [0.4, 0.5) is 11.6 Å². The highest BCUT2D eigenvalue weighted by molar-refractivity contribution is 8.00. The minimum absolute atomic E-state index is 0.0301. The van der Waals surface area contributed by atoms with Crippen LogP contribution in [0.2, 0.25) is 0 Å². The minimum Gasteiger partial charge on any atom is -0.292 e. The molecule has 1 aromatic heterocycles. The number of nitrogen functional groups attached to an aromatic ring is 1. The van der Waals surface area contributed by atoms with Gasteiger partial charge in [0.05, 0.1) is 10.7 Å². The minimum atomic E-state index is -3.12. The van der Waals surface area contributed by atoms with Crippen molar-refractivity contribution in [2.45, 2.75) is 5.03 Å². The van der Waals surface area contributed by atoms with Gasteiger partial charge in [0, 0.05) is 12.0 Å². The van der Waals surface area contributed by atoms with E-state index in [0.717, 1.165) is 24.2 Å². The molecule has 9 nitrogen and oxygen atoms in total. The maximum atomic E-state index is 11.0. The van der Waals surface area contributed by atoms with Gasteiger partial charge in [-0.3, -0.25) is 15.5 Å². The first-order chi connectivity index (χ1) is 8.33. The summed E-state index contributed by atoms with van der Waals surface area (Å²) in [5, 5.41) is 10.8. The largest absolute Gasteiger partial charge is 0.319 e. The lowest BCUT2D eigenvalue weighted by atomic mass is 10.5. The maximum absolute atomic E-state index is 11.0. The van der Waals surface area contributed by atoms with Gasteiger partial charge in [-0.1, -0.05) is 11.8 Å². The predicted octanol–water partition coefficient (Wildman–Crippen LogP) is -0.193. The van der Waals surface area contributed by atoms with Gasteiger partial charge in [0.2, 0.25) is 5.95 Å². The van der Waals surface area contributed by atoms with E-state index in [1.54, 1.807) is 0 Å². The number of anilines is 1. The standard InChI is InChI=1S/C7H11N5O4S2/c1-18(15,16)3-2-17-6-5(12(13)14)4-9-7(10-6)11-8/h4H,2-3,8H2,1H3,(H,9,10,11). The van der Waals surface area contributed by atoms with Crippen molar-refractivity contribution in [3.05, 3.63) is 16.3 Å². The van der Waals surface area contributed by atoms with Gasteiger partial charge in [0.1, 0.15) is 16.0 Å². The highest BCUT2D eigenvalue weighted by atomic mass is 32.2. The SMILES string of the molecule is CS(=O)(=O)CCSc1nc(NN)ncc1[N+](=O)[O-]. The molecule has 1 rings (SSSR count). The number of hydrazine groups is 1. The molecular formula is C7H11N5O4S2. The quantitative estimate of drug-likeness (QED) is 0.240. The summed E-state index contributed by atoms with van der Waals surface area (Å²) in [6, 6.07) is 0. The summed E-state index contributed by atoms with van der Waals surface area (Å²) in [5.41, 5.74) is 1.88. The van der Waals surface area contributed by atoms with Gasteiger partial charge in [-0.25, -0.2) is 19.2 Å². The van der Waals surface area contributed by atoms with Gasteiger partial charge >= 0.3 is 5.69 Å². The topological polar surface area (TPSA) is 141 Å². The van der Waals surface area contributed by atoms with Crippen molar-refractivity contribution < 1.29 is 13.3 Å². The Kier molecular flexibility index (Phi) is 4.81. The van der Waals surface area contributed by atoms with E-state index in [-0.39, 0.29) is 28.2 Å². The van der Waals surface area contributed by atoms with E-state index >= 15 is 0 Å². The van der Waals surface area contributed by atoms with Crippen LogP contribution in [0.1, 0.15) is 0 Å². The number of nitrogens with zero attached hydrogens (tertiary/aromatic N) is 3. The van der Waals surface area contributed by atoms with E-state index < -0.39 is 14.8 Å². The van der Waals surface area contributed by atoms with Crippen molar-refractivity contribution in [2.75, 3.05) is 23.2 Å². The number of aromatic nitrogens is 2. The summed E-state index contributed by atoms with van der Waals surface area (Å²) in [6.07, 6.45) is 2.11. The van der Waals surface area contributed by atoms with E-state index in [9.17, 15) is 18.5 Å². The lowest BCUT2D eigenvalue weighted by molar-refractivity contribution is -0.388. The van der Waals surface area contributed by atoms with Crippen molar-refractivity contribution in [3.8, 4) is 0 Å². The zero-order chi connectivity index (χ0) is 13.8. The third kappa shape index (κ3) is 4.43. The van der Waals surface area contributed by atoms with Gasteiger partial charge in [-0.2, -0.15) is 4.98 Å². The number of sulfone groups is 1. The highest BCUT2D eigenvalue weighted by Crippen LogP contribution is 2.27. The summed E-state index contributed by atoms with van der Waals surface area (Å²) < 4.78 is 21.9. The van der Waals surface area contributed by atoms with Crippen LogP contribution in [0.5, 0.6) is 0 Å². The van der Waals surface area contributed by atoms with Crippen LogP contribution in [0.25, 0.3) is 0 Å². The second kappa shape index (κ2) is 5.93. The molecule has 0 saturated heterocycles. The number of nitrogens with two attached hydrogens (primary N) is 1. The molecule has 100 valence electrons. The van der Waals surface area contributed by atoms with E-state index in [1.165, 1.54) is 0 Å². The Bertz CT molecular complexity index is 547. The fraction of sp³-hybridized carbons (Fsp3) is 0.429. The average Bonchev–Trinajstić information content (AvgIpc) is 2.26. The van der Waals surface area contributed by atoms with Crippen molar-refractivity contribution in [1.82, 2.24) is 9.97 Å². The van der Waals surface area contributed by atoms with E-state index in [4.69, 9.17) is 5.84 Å². The summed E-state index contributed by atoms with van der Waals surface area (Å²) in [5.74, 6) is 5.20. The van der Waals surface area contributed by atoms with Crippen molar-refractivity contribution in [1.29, 1.82) is 0 Å². The van der Waals surface area contributed by atoms with Crippen LogP contribution in [-0.4, -0.2) is 41.1 Å². The number of rotatable bonds is 6. The zero-order valence-electron chi connectivity index (χ0n) is 9.36. The first-order valence-electron chi connectivity index (χ1n) is 4.62. The van der Waals surface area contributed by atoms with Crippen LogP contribution < -0.4 is 11.3 Å². The Morgan fingerprint density at radius 1 is 1.61 bits per heavy atom. The molecular weight excluding hydrogens is 282 g/mol. The molecule has 1 aromatic rings. The Hall–Kier alpha value is -1.46. The van der Waals surface area contributed by atoms with E-state index in [0.29, 0.717) is 0 Å². The smallest absolute Gasteiger partial charge is 0.292 e. The Morgan fingerprint density at radius 3 is 2.78 bits per heavy atom. The zero-order valence-corrected chi connectivity index (χ0v) is 11.0. The lowest BCUT2D eigenvalue weighted by Crippen LogP contribution is -2.11. The molecule has 0 amide bonds. The monoisotopic (exact) mass is 293 g/mol. The molecule has 0 aliphatic carbocycles. The molecule has 0 aliphatic rings. The summed E-state index contributed by atoms with van der Waals surface area (Å²) in [7, 11) is -3.12. The summed E-state index contributed by atoms with van der Waals surface area (Å²) in [4.78, 5) is 17.5. The molecule has 1 heterocycles. The van der Waals surface area contributed by atoms with Crippen molar-refractivity contribution in [2.24, 2.45) is 5.84 Å². The maximum Gasteiger partial charge on any atom is 0.319 e. The van der Waals surface area contributed by atoms with Gasteiger partial charge in [-0.15, -0.1) is 0 Å². The number of hydrogen-bond acceptors (Lipinski definition) is 9. The van der Waals surface area contributed by atoms with Crippen LogP contribution in [0.3, 0.4) is 0 Å². The van der Waals surface area contributed by atoms with E-state index in [2.05, 4.69) is 15.4 Å². The summed E-state index contributed by atoms with van der Waals surface area (Å²) >= 11 is 0.964. The summed E-state index contributed by atoms with van der Waals surface area (Å²) in [6.45, 7) is 0. The molecule has 3 N–H and O–H groups in total. The molecule has 18 heavy (non-hydrogen) atoms. The molecule has 0 unspecified atom stereocenters. The number of nitro groups is 1. The molecule has 0 fully saturated rings. The second-order valence-corrected chi connectivity index (χ2v) is 6.61. The number of nitrogens with one attached hydrogen (secondary N) is 1. The van der Waals surface area contributed by atoms with Crippen molar-refractivity contribution >= 4 is 33.2 Å². The molecule has 0 bridgehead atoms. The Labute approximate surface area is 107 Å². The third-order valence-corrected chi connectivity index (χ3v) is 3.94. The molecule has 0 radical (unpaired) electrons. The fourth-order valence-electron chi connectivity index (χ4n) is 0.951. The first-order valence-corrected chi connectivity index (χ1v) is 7.66. The van der Waals surface area contributed by atoms with Gasteiger partial charge in [0.25, 0.3) is 0 Å². The molecule has 0 spiro atoms. The molecule has 0 atom stereocenters. The fourth-order valence-corrected chi connectivity index (χ4v) is 3.11. The van der Waals surface area contributed by atoms with Crippen molar-refractivity contribution in [3.63, 3.8) is 0 Å². The predicted molar refractivity (Wildman–Crippen MR) is 66.9 cm³/mol. The van der Waals surface area contributed by atoms with Crippen LogP contribution in [0.15, 0.2) is 11.2 Å². The highest BCUT2D eigenvalue weighted by Gasteiger charge is 2.18.